The Morgan fingerprint density at radius 1 is 1.04 bits per heavy atom. The van der Waals surface area contributed by atoms with Crippen LogP contribution in [-0.4, -0.2) is 5.96 Å². The highest BCUT2D eigenvalue weighted by molar-refractivity contribution is 9.11. The van der Waals surface area contributed by atoms with Gasteiger partial charge in [-0.05, 0) is 59.2 Å². The fourth-order valence-corrected chi connectivity index (χ4v) is 4.15. The molecule has 0 bridgehead atoms. The first kappa shape index (κ1) is 16.6. The molecule has 25 heavy (non-hydrogen) atoms. The van der Waals surface area contributed by atoms with E-state index in [0.29, 0.717) is 12.5 Å². The number of guanidine groups is 1. The van der Waals surface area contributed by atoms with Crippen LogP contribution in [0.1, 0.15) is 16.7 Å². The molecule has 1 aliphatic carbocycles. The summed E-state index contributed by atoms with van der Waals surface area (Å²) in [6.45, 7) is 0.514. The van der Waals surface area contributed by atoms with E-state index >= 15 is 0 Å². The molecule has 0 heterocycles. The van der Waals surface area contributed by atoms with Gasteiger partial charge >= 0.3 is 0 Å². The fraction of sp³-hybridized carbons (Fsp3) is 0.150. The van der Waals surface area contributed by atoms with Gasteiger partial charge in [0.15, 0.2) is 5.96 Å². The van der Waals surface area contributed by atoms with Gasteiger partial charge in [-0.1, -0.05) is 56.1 Å². The van der Waals surface area contributed by atoms with E-state index in [-0.39, 0.29) is 0 Å². The third kappa shape index (κ3) is 3.31. The van der Waals surface area contributed by atoms with Crippen LogP contribution >= 0.6 is 31.9 Å². The smallest absolute Gasteiger partial charge is 0.193 e. The minimum Gasteiger partial charge on any atom is -0.370 e. The van der Waals surface area contributed by atoms with Crippen molar-refractivity contribution in [3.05, 3.63) is 74.2 Å². The van der Waals surface area contributed by atoms with E-state index in [9.17, 15) is 0 Å². The number of rotatable bonds is 3. The van der Waals surface area contributed by atoms with Crippen molar-refractivity contribution in [3.63, 3.8) is 0 Å². The first-order chi connectivity index (χ1) is 12.1. The predicted molar refractivity (Wildman–Crippen MR) is 112 cm³/mol. The van der Waals surface area contributed by atoms with Gasteiger partial charge in [-0.25, -0.2) is 4.99 Å². The molecule has 3 nitrogen and oxygen atoms in total. The molecule has 0 unspecified atom stereocenters. The van der Waals surface area contributed by atoms with Crippen molar-refractivity contribution in [2.75, 3.05) is 5.32 Å². The molecule has 0 saturated heterocycles. The van der Waals surface area contributed by atoms with E-state index in [0.717, 1.165) is 33.0 Å². The van der Waals surface area contributed by atoms with Crippen LogP contribution in [0.15, 0.2) is 62.5 Å². The number of nitrogens with zero attached hydrogens (tertiary/aromatic N) is 1. The van der Waals surface area contributed by atoms with E-state index in [1.807, 2.05) is 18.2 Å². The van der Waals surface area contributed by atoms with Gasteiger partial charge in [-0.2, -0.15) is 0 Å². The van der Waals surface area contributed by atoms with E-state index in [1.165, 1.54) is 21.9 Å². The van der Waals surface area contributed by atoms with Crippen LogP contribution in [0.5, 0.6) is 0 Å². The standard InChI is InChI=1S/C20H17Br2N3/c21-15-7-8-17(22)14(10-15)11-24-20(23)25-18-9-6-13-5-4-12-2-1-3-16(18)19(12)13/h1-3,6-10H,4-5,11H2,(H3,23,24,25). The molecule has 3 aromatic rings. The van der Waals surface area contributed by atoms with Gasteiger partial charge in [-0.3, -0.25) is 0 Å². The maximum absolute atomic E-state index is 6.14. The number of hydrogen-bond donors (Lipinski definition) is 2. The lowest BCUT2D eigenvalue weighted by Gasteiger charge is -2.11. The maximum Gasteiger partial charge on any atom is 0.193 e. The number of aliphatic imine (C=N–C) groups is 1. The summed E-state index contributed by atoms with van der Waals surface area (Å²) in [6, 6.07) is 16.8. The Kier molecular flexibility index (Phi) is 4.52. The van der Waals surface area contributed by atoms with E-state index in [2.05, 4.69) is 72.5 Å². The van der Waals surface area contributed by atoms with Crippen molar-refractivity contribution in [3.8, 4) is 0 Å². The molecular weight excluding hydrogens is 442 g/mol. The quantitative estimate of drug-likeness (QED) is 0.408. The maximum atomic E-state index is 6.14. The number of nitrogens with one attached hydrogen (secondary N) is 1. The van der Waals surface area contributed by atoms with Crippen LogP contribution in [0.4, 0.5) is 5.69 Å². The van der Waals surface area contributed by atoms with Gasteiger partial charge in [0.05, 0.1) is 6.54 Å². The fourth-order valence-electron chi connectivity index (χ4n) is 3.37. The van der Waals surface area contributed by atoms with Crippen molar-refractivity contribution in [1.82, 2.24) is 0 Å². The number of aryl methyl sites for hydroxylation is 2. The summed E-state index contributed by atoms with van der Waals surface area (Å²) in [5, 5.41) is 5.86. The minimum absolute atomic E-state index is 0.422. The molecule has 4 rings (SSSR count). The summed E-state index contributed by atoms with van der Waals surface area (Å²) in [4.78, 5) is 4.49. The second-order valence-corrected chi connectivity index (χ2v) is 7.94. The van der Waals surface area contributed by atoms with E-state index in [4.69, 9.17) is 5.73 Å². The second-order valence-electron chi connectivity index (χ2n) is 6.17. The van der Waals surface area contributed by atoms with Crippen LogP contribution in [0, 0.1) is 0 Å². The lowest BCUT2D eigenvalue weighted by atomic mass is 10.0. The number of nitrogens with two attached hydrogens (primary N) is 1. The van der Waals surface area contributed by atoms with Gasteiger partial charge in [-0.15, -0.1) is 0 Å². The summed E-state index contributed by atoms with van der Waals surface area (Å²) < 4.78 is 2.05. The molecule has 0 aromatic heterocycles. The summed E-state index contributed by atoms with van der Waals surface area (Å²) >= 11 is 7.04. The second kappa shape index (κ2) is 6.81. The minimum atomic E-state index is 0.422. The van der Waals surface area contributed by atoms with E-state index < -0.39 is 0 Å². The van der Waals surface area contributed by atoms with Gasteiger partial charge in [0.1, 0.15) is 0 Å². The highest BCUT2D eigenvalue weighted by Crippen LogP contribution is 2.34. The number of halogens is 2. The Hall–Kier alpha value is -1.85. The summed E-state index contributed by atoms with van der Waals surface area (Å²) in [7, 11) is 0. The number of anilines is 1. The highest BCUT2D eigenvalue weighted by Gasteiger charge is 2.15. The third-order valence-corrected chi connectivity index (χ3v) is 5.83. The largest absolute Gasteiger partial charge is 0.370 e. The van der Waals surface area contributed by atoms with Crippen LogP contribution < -0.4 is 11.1 Å². The monoisotopic (exact) mass is 457 g/mol. The predicted octanol–water partition coefficient (Wildman–Crippen LogP) is 5.39. The number of hydrogen-bond acceptors (Lipinski definition) is 1. The van der Waals surface area contributed by atoms with Crippen molar-refractivity contribution in [2.24, 2.45) is 10.7 Å². The third-order valence-electron chi connectivity index (χ3n) is 4.57. The molecular formula is C20H17Br2N3. The van der Waals surface area contributed by atoms with Crippen molar-refractivity contribution < 1.29 is 0 Å². The Morgan fingerprint density at radius 3 is 2.68 bits per heavy atom. The van der Waals surface area contributed by atoms with Crippen LogP contribution in [-0.2, 0) is 19.4 Å². The normalized spacial score (nSPS) is 13.4. The zero-order valence-corrected chi connectivity index (χ0v) is 16.7. The zero-order chi connectivity index (χ0) is 17.4. The van der Waals surface area contributed by atoms with Crippen LogP contribution in [0.2, 0.25) is 0 Å². The lowest BCUT2D eigenvalue weighted by molar-refractivity contribution is 1.02. The first-order valence-corrected chi connectivity index (χ1v) is 9.75. The molecule has 0 amide bonds. The van der Waals surface area contributed by atoms with Gasteiger partial charge in [0.2, 0.25) is 0 Å². The van der Waals surface area contributed by atoms with Crippen LogP contribution in [0.25, 0.3) is 10.8 Å². The molecule has 0 atom stereocenters. The lowest BCUT2D eigenvalue weighted by Crippen LogP contribution is -2.22. The molecule has 126 valence electrons. The molecule has 3 N–H and O–H groups in total. The average molecular weight is 459 g/mol. The Morgan fingerprint density at radius 2 is 1.84 bits per heavy atom. The molecule has 0 saturated carbocycles. The van der Waals surface area contributed by atoms with Crippen LogP contribution in [0.3, 0.4) is 0 Å². The topological polar surface area (TPSA) is 50.4 Å². The average Bonchev–Trinajstić information content (AvgIpc) is 3.03. The van der Waals surface area contributed by atoms with E-state index in [1.54, 1.807) is 0 Å². The molecule has 0 aliphatic heterocycles. The molecule has 0 fully saturated rings. The van der Waals surface area contributed by atoms with Gasteiger partial charge < -0.3 is 11.1 Å². The molecule has 0 radical (unpaired) electrons. The van der Waals surface area contributed by atoms with Gasteiger partial charge in [0.25, 0.3) is 0 Å². The molecule has 5 heteroatoms. The van der Waals surface area contributed by atoms with Crippen molar-refractivity contribution in [1.29, 1.82) is 0 Å². The first-order valence-electron chi connectivity index (χ1n) is 8.16. The Balaban J connectivity index is 1.60. The summed E-state index contributed by atoms with van der Waals surface area (Å²) in [6.07, 6.45) is 2.24. The number of benzene rings is 3. The molecule has 3 aromatic carbocycles. The Bertz CT molecular complexity index is 985. The SMILES string of the molecule is NC(=NCc1cc(Br)ccc1Br)Nc1ccc2c3c(cccc13)CC2. The molecule has 1 aliphatic rings. The van der Waals surface area contributed by atoms with Gasteiger partial charge in [0, 0.05) is 20.0 Å². The summed E-state index contributed by atoms with van der Waals surface area (Å²) in [5.41, 5.74) is 11.1. The summed E-state index contributed by atoms with van der Waals surface area (Å²) in [5.74, 6) is 0.422. The molecule has 0 spiro atoms. The van der Waals surface area contributed by atoms with Crippen molar-refractivity contribution >= 4 is 54.3 Å². The highest BCUT2D eigenvalue weighted by atomic mass is 79.9. The zero-order valence-electron chi connectivity index (χ0n) is 13.5. The Labute approximate surface area is 163 Å². The van der Waals surface area contributed by atoms with Crippen molar-refractivity contribution in [2.45, 2.75) is 19.4 Å².